The van der Waals surface area contributed by atoms with E-state index in [4.69, 9.17) is 4.74 Å². The number of ketones is 1. The summed E-state index contributed by atoms with van der Waals surface area (Å²) in [5.74, 6) is 0.165. The van der Waals surface area contributed by atoms with Gasteiger partial charge >= 0.3 is 0 Å². The van der Waals surface area contributed by atoms with Gasteiger partial charge in [0.05, 0.1) is 12.0 Å². The van der Waals surface area contributed by atoms with Crippen LogP contribution in [0.2, 0.25) is 0 Å². The molecule has 0 amide bonds. The molecule has 0 bridgehead atoms. The normalized spacial score (nSPS) is 10.3. The second-order valence-corrected chi connectivity index (χ2v) is 5.03. The third-order valence-electron chi connectivity index (χ3n) is 2.61. The van der Waals surface area contributed by atoms with Crippen molar-refractivity contribution in [3.05, 3.63) is 53.8 Å². The molecule has 2 aromatic carbocycles. The lowest BCUT2D eigenvalue weighted by atomic mass is 10.1. The Morgan fingerprint density at radius 1 is 1.16 bits per heavy atom. The Bertz CT molecular complexity index is 611. The van der Waals surface area contributed by atoms with E-state index in [0.717, 1.165) is 15.5 Å². The van der Waals surface area contributed by atoms with E-state index in [-0.39, 0.29) is 5.78 Å². The second-order valence-electron chi connectivity index (χ2n) is 3.95. The summed E-state index contributed by atoms with van der Waals surface area (Å²) < 4.78 is 18.5. The number of hydrogen-bond donors (Lipinski definition) is 0. The molecule has 2 nitrogen and oxygen atoms in total. The zero-order chi connectivity index (χ0) is 13.8. The van der Waals surface area contributed by atoms with Gasteiger partial charge < -0.3 is 4.74 Å². The summed E-state index contributed by atoms with van der Waals surface area (Å²) in [4.78, 5) is 13.2. The van der Waals surface area contributed by atoms with Crippen LogP contribution in [0.5, 0.6) is 5.75 Å². The predicted octanol–water partition coefficient (Wildman–Crippen LogP) is 4.19. The lowest BCUT2D eigenvalue weighted by Crippen LogP contribution is -1.96. The summed E-state index contributed by atoms with van der Waals surface area (Å²) in [6.45, 7) is 1.43. The lowest BCUT2D eigenvalue weighted by Gasteiger charge is -2.10. The predicted molar refractivity (Wildman–Crippen MR) is 73.5 cm³/mol. The van der Waals surface area contributed by atoms with Crippen molar-refractivity contribution in [3.63, 3.8) is 0 Å². The Hall–Kier alpha value is -1.81. The maximum atomic E-state index is 13.2. The summed E-state index contributed by atoms with van der Waals surface area (Å²) in [5.41, 5.74) is 0.385. The van der Waals surface area contributed by atoms with Crippen molar-refractivity contribution in [1.82, 2.24) is 0 Å². The molecule has 0 aromatic heterocycles. The standard InChI is InChI=1S/C15H13FO2S/c1-10(17)12-9-11(16)7-8-14(12)19-15-6-4-3-5-13(15)18-2/h3-9H,1-2H3. The minimum absolute atomic E-state index is 0.156. The molecule has 0 spiro atoms. The van der Waals surface area contributed by atoms with Crippen molar-refractivity contribution >= 4 is 17.5 Å². The van der Waals surface area contributed by atoms with Gasteiger partial charge in [0.15, 0.2) is 5.78 Å². The van der Waals surface area contributed by atoms with E-state index in [9.17, 15) is 9.18 Å². The van der Waals surface area contributed by atoms with Crippen molar-refractivity contribution in [2.45, 2.75) is 16.7 Å². The first-order chi connectivity index (χ1) is 9.11. The highest BCUT2D eigenvalue weighted by Gasteiger charge is 2.12. The highest BCUT2D eigenvalue weighted by atomic mass is 32.2. The molecule has 0 heterocycles. The number of methoxy groups -OCH3 is 1. The van der Waals surface area contributed by atoms with E-state index >= 15 is 0 Å². The van der Waals surface area contributed by atoms with Crippen LogP contribution in [0.3, 0.4) is 0 Å². The van der Waals surface area contributed by atoms with Crippen LogP contribution in [-0.2, 0) is 0 Å². The molecule has 0 radical (unpaired) electrons. The van der Waals surface area contributed by atoms with Crippen molar-refractivity contribution in [3.8, 4) is 5.75 Å². The van der Waals surface area contributed by atoms with Gasteiger partial charge in [-0.25, -0.2) is 4.39 Å². The molecule has 2 rings (SSSR count). The first kappa shape index (κ1) is 13.6. The van der Waals surface area contributed by atoms with Gasteiger partial charge in [-0.3, -0.25) is 4.79 Å². The van der Waals surface area contributed by atoms with Crippen LogP contribution in [0.15, 0.2) is 52.3 Å². The minimum Gasteiger partial charge on any atom is -0.496 e. The molecule has 19 heavy (non-hydrogen) atoms. The molecule has 0 aliphatic carbocycles. The smallest absolute Gasteiger partial charge is 0.161 e. The average Bonchev–Trinajstić information content (AvgIpc) is 2.41. The molecule has 0 fully saturated rings. The van der Waals surface area contributed by atoms with Gasteiger partial charge in [0.25, 0.3) is 0 Å². The van der Waals surface area contributed by atoms with E-state index in [1.165, 1.54) is 30.8 Å². The lowest BCUT2D eigenvalue weighted by molar-refractivity contribution is 0.101. The van der Waals surface area contributed by atoms with Gasteiger partial charge in [-0.05, 0) is 37.3 Å². The molecule has 98 valence electrons. The third-order valence-corrected chi connectivity index (χ3v) is 3.74. The molecule has 0 saturated carbocycles. The number of rotatable bonds is 4. The van der Waals surface area contributed by atoms with E-state index in [0.29, 0.717) is 5.56 Å². The van der Waals surface area contributed by atoms with Gasteiger partial charge in [-0.15, -0.1) is 0 Å². The van der Waals surface area contributed by atoms with Crippen molar-refractivity contribution < 1.29 is 13.9 Å². The number of benzene rings is 2. The quantitative estimate of drug-likeness (QED) is 0.783. The van der Waals surface area contributed by atoms with Crippen LogP contribution >= 0.6 is 11.8 Å². The molecule has 0 aliphatic rings. The maximum absolute atomic E-state index is 13.2. The first-order valence-corrected chi connectivity index (χ1v) is 6.55. The van der Waals surface area contributed by atoms with Gasteiger partial charge in [0.2, 0.25) is 0 Å². The Labute approximate surface area is 115 Å². The van der Waals surface area contributed by atoms with Crippen LogP contribution in [0, 0.1) is 5.82 Å². The number of hydrogen-bond acceptors (Lipinski definition) is 3. The maximum Gasteiger partial charge on any atom is 0.161 e. The molecule has 0 unspecified atom stereocenters. The number of Topliss-reactive ketones (excluding diaryl/α,β-unsaturated/α-hetero) is 1. The van der Waals surface area contributed by atoms with E-state index in [1.807, 2.05) is 24.3 Å². The topological polar surface area (TPSA) is 26.3 Å². The van der Waals surface area contributed by atoms with Crippen LogP contribution in [0.4, 0.5) is 4.39 Å². The molecule has 4 heteroatoms. The third kappa shape index (κ3) is 3.15. The van der Waals surface area contributed by atoms with Crippen molar-refractivity contribution in [1.29, 1.82) is 0 Å². The Morgan fingerprint density at radius 3 is 2.58 bits per heavy atom. The van der Waals surface area contributed by atoms with Crippen LogP contribution < -0.4 is 4.74 Å². The first-order valence-electron chi connectivity index (χ1n) is 5.73. The molecule has 2 aromatic rings. The highest BCUT2D eigenvalue weighted by molar-refractivity contribution is 7.99. The van der Waals surface area contributed by atoms with E-state index in [1.54, 1.807) is 13.2 Å². The van der Waals surface area contributed by atoms with Crippen LogP contribution in [0.1, 0.15) is 17.3 Å². The fourth-order valence-electron chi connectivity index (χ4n) is 1.69. The van der Waals surface area contributed by atoms with E-state index in [2.05, 4.69) is 0 Å². The number of ether oxygens (including phenoxy) is 1. The van der Waals surface area contributed by atoms with Gasteiger partial charge in [0.1, 0.15) is 11.6 Å². The molecular formula is C15H13FO2S. The Balaban J connectivity index is 2.41. The monoisotopic (exact) mass is 276 g/mol. The zero-order valence-electron chi connectivity index (χ0n) is 10.6. The minimum atomic E-state index is -0.408. The summed E-state index contributed by atoms with van der Waals surface area (Å²) in [6.07, 6.45) is 0. The fraction of sp³-hybridized carbons (Fsp3) is 0.133. The molecule has 0 N–H and O–H groups in total. The average molecular weight is 276 g/mol. The van der Waals surface area contributed by atoms with Crippen LogP contribution in [0.25, 0.3) is 0 Å². The number of para-hydroxylation sites is 1. The summed E-state index contributed by atoms with van der Waals surface area (Å²) in [5, 5.41) is 0. The van der Waals surface area contributed by atoms with Gasteiger partial charge in [-0.2, -0.15) is 0 Å². The molecule has 0 saturated heterocycles. The SMILES string of the molecule is COc1ccccc1Sc1ccc(F)cc1C(C)=O. The zero-order valence-corrected chi connectivity index (χ0v) is 11.5. The highest BCUT2D eigenvalue weighted by Crippen LogP contribution is 2.36. The van der Waals surface area contributed by atoms with Crippen molar-refractivity contribution in [2.75, 3.05) is 7.11 Å². The summed E-state index contributed by atoms with van der Waals surface area (Å²) in [7, 11) is 1.59. The van der Waals surface area contributed by atoms with Gasteiger partial charge in [0, 0.05) is 10.5 Å². The number of carbonyl (C=O) groups excluding carboxylic acids is 1. The second kappa shape index (κ2) is 5.89. The molecule has 0 aliphatic heterocycles. The largest absolute Gasteiger partial charge is 0.496 e. The van der Waals surface area contributed by atoms with E-state index < -0.39 is 5.82 Å². The van der Waals surface area contributed by atoms with Crippen molar-refractivity contribution in [2.24, 2.45) is 0 Å². The van der Waals surface area contributed by atoms with Gasteiger partial charge in [-0.1, -0.05) is 23.9 Å². The molecular weight excluding hydrogens is 263 g/mol. The number of carbonyl (C=O) groups is 1. The fourth-order valence-corrected chi connectivity index (χ4v) is 2.77. The number of halogens is 1. The van der Waals surface area contributed by atoms with Crippen LogP contribution in [-0.4, -0.2) is 12.9 Å². The molecule has 0 atom stereocenters. The Kier molecular flexibility index (Phi) is 4.22. The summed E-state index contributed by atoms with van der Waals surface area (Å²) in [6, 6.07) is 11.7. The Morgan fingerprint density at radius 2 is 1.89 bits per heavy atom. The summed E-state index contributed by atoms with van der Waals surface area (Å²) >= 11 is 1.39.